The molecule has 0 aromatic rings. The average molecular weight is 571 g/mol. The molecule has 0 aromatic heterocycles. The minimum absolute atomic E-state index is 0.0140. The molecule has 0 aromatic carbocycles. The van der Waals surface area contributed by atoms with Crippen molar-refractivity contribution in [3.05, 3.63) is 12.2 Å². The molecule has 5 nitrogen and oxygen atoms in total. The lowest BCUT2D eigenvalue weighted by atomic mass is 9.88. The molecule has 0 radical (unpaired) electrons. The molecule has 0 saturated heterocycles. The number of rotatable bonds is 18. The molecule has 0 N–H and O–H groups in total. The number of carbonyl (C=O) groups excluding carboxylic acids is 2. The van der Waals surface area contributed by atoms with Gasteiger partial charge in [0.05, 0.1) is 12.2 Å². The molecule has 1 rings (SSSR count). The second kappa shape index (κ2) is 15.9. The zero-order valence-corrected chi connectivity index (χ0v) is 28.8. The van der Waals surface area contributed by atoms with E-state index < -0.39 is 25.0 Å². The second-order valence-corrected chi connectivity index (χ2v) is 27.2. The van der Waals surface area contributed by atoms with Crippen molar-refractivity contribution in [2.24, 2.45) is 11.8 Å². The summed E-state index contributed by atoms with van der Waals surface area (Å²) in [6.45, 7) is 21.7. The van der Waals surface area contributed by atoms with Gasteiger partial charge < -0.3 is 13.3 Å². The molecule has 0 heterocycles. The third-order valence-electron chi connectivity index (χ3n) is 6.43. The third-order valence-corrected chi connectivity index (χ3v) is 9.29. The molecule has 37 heavy (non-hydrogen) atoms. The second-order valence-electron chi connectivity index (χ2n) is 13.8. The van der Waals surface area contributed by atoms with Crippen LogP contribution in [0, 0.1) is 11.8 Å². The Labute approximate surface area is 231 Å². The lowest BCUT2D eigenvalue weighted by Gasteiger charge is -2.29. The highest BCUT2D eigenvalue weighted by atomic mass is 28.4. The van der Waals surface area contributed by atoms with E-state index in [2.05, 4.69) is 58.4 Å². The summed E-state index contributed by atoms with van der Waals surface area (Å²) in [5, 5.41) is 0. The molecule has 216 valence electrons. The van der Waals surface area contributed by atoms with E-state index in [1.54, 1.807) is 0 Å². The largest absolute Gasteiger partial charge is 0.520 e. The summed E-state index contributed by atoms with van der Waals surface area (Å²) in [6, 6.07) is 0. The van der Waals surface area contributed by atoms with Gasteiger partial charge in [-0.2, -0.15) is 0 Å². The fourth-order valence-corrected chi connectivity index (χ4v) is 8.06. The minimum atomic E-state index is -1.80. The van der Waals surface area contributed by atoms with Gasteiger partial charge in [0.15, 0.2) is 16.6 Å². The molecule has 1 aliphatic carbocycles. The standard InChI is InChI=1S/C29H58O5Si3/c1-11-12-15-18-24(32-35(2,3)4)21-22-26-25(27(30)23-28(26)33-36(5,6)7)19-16-13-14-17-20-29(31)34-37(8,9)10/h21-22,24-26,28H,11-20,23H2,1-10H3/b22-21+. The van der Waals surface area contributed by atoms with Gasteiger partial charge in [-0.05, 0) is 78.2 Å². The van der Waals surface area contributed by atoms with Crippen LogP contribution in [0.5, 0.6) is 0 Å². The Bertz CT molecular complexity index is 719. The third kappa shape index (κ3) is 16.2. The van der Waals surface area contributed by atoms with Crippen molar-refractivity contribution in [3.63, 3.8) is 0 Å². The zero-order chi connectivity index (χ0) is 28.3. The fourth-order valence-electron chi connectivity index (χ4n) is 5.02. The first-order valence-corrected chi connectivity index (χ1v) is 25.0. The molecular formula is C29H58O5Si3. The maximum atomic E-state index is 13.1. The maximum Gasteiger partial charge on any atom is 0.292 e. The molecule has 0 spiro atoms. The summed E-state index contributed by atoms with van der Waals surface area (Å²) >= 11 is 0. The molecule has 0 aliphatic heterocycles. The summed E-state index contributed by atoms with van der Waals surface area (Å²) < 4.78 is 18.6. The summed E-state index contributed by atoms with van der Waals surface area (Å²) in [5.41, 5.74) is 0. The van der Waals surface area contributed by atoms with Crippen LogP contribution in [-0.4, -0.2) is 48.9 Å². The van der Waals surface area contributed by atoms with E-state index in [0.717, 1.165) is 38.5 Å². The predicted octanol–water partition coefficient (Wildman–Crippen LogP) is 8.49. The molecule has 1 aliphatic rings. The monoisotopic (exact) mass is 570 g/mol. The zero-order valence-electron chi connectivity index (χ0n) is 25.8. The van der Waals surface area contributed by atoms with Gasteiger partial charge in [-0.15, -0.1) is 0 Å². The molecule has 8 heteroatoms. The first-order valence-electron chi connectivity index (χ1n) is 14.8. The fraction of sp³-hybridized carbons (Fsp3) is 0.862. The maximum absolute atomic E-state index is 13.1. The first kappa shape index (κ1) is 34.5. The van der Waals surface area contributed by atoms with E-state index in [-0.39, 0.29) is 30.0 Å². The number of carbonyl (C=O) groups is 2. The Balaban J connectivity index is 2.79. The van der Waals surface area contributed by atoms with Crippen molar-refractivity contribution in [3.8, 4) is 0 Å². The summed E-state index contributed by atoms with van der Waals surface area (Å²) in [4.78, 5) is 25.1. The van der Waals surface area contributed by atoms with Crippen LogP contribution in [0.1, 0.15) is 77.6 Å². The number of ketones is 1. The summed E-state index contributed by atoms with van der Waals surface area (Å²) in [7, 11) is -5.25. The van der Waals surface area contributed by atoms with Gasteiger partial charge in [-0.25, -0.2) is 0 Å². The van der Waals surface area contributed by atoms with Crippen molar-refractivity contribution >= 4 is 36.7 Å². The Kier molecular flexibility index (Phi) is 14.8. The van der Waals surface area contributed by atoms with Crippen molar-refractivity contribution in [2.45, 2.75) is 149 Å². The molecular weight excluding hydrogens is 513 g/mol. The molecule has 4 atom stereocenters. The van der Waals surface area contributed by atoms with E-state index in [0.29, 0.717) is 18.6 Å². The topological polar surface area (TPSA) is 61.8 Å². The van der Waals surface area contributed by atoms with E-state index in [1.807, 2.05) is 19.6 Å². The molecule has 1 saturated carbocycles. The highest BCUT2D eigenvalue weighted by Gasteiger charge is 2.42. The van der Waals surface area contributed by atoms with Gasteiger partial charge in [0.1, 0.15) is 5.78 Å². The SMILES string of the molecule is CCCCCC(/C=C/C1C(O[Si](C)(C)C)CC(=O)C1CCCCCCC(=O)O[Si](C)(C)C)O[Si](C)(C)C. The summed E-state index contributed by atoms with van der Waals surface area (Å²) in [6.07, 6.45) is 15.1. The molecule has 0 bridgehead atoms. The van der Waals surface area contributed by atoms with Gasteiger partial charge in [0, 0.05) is 24.7 Å². The smallest absolute Gasteiger partial charge is 0.292 e. The first-order chi connectivity index (χ1) is 17.0. The van der Waals surface area contributed by atoms with Crippen molar-refractivity contribution in [1.29, 1.82) is 0 Å². The van der Waals surface area contributed by atoms with Crippen molar-refractivity contribution < 1.29 is 22.9 Å². The van der Waals surface area contributed by atoms with Gasteiger partial charge in [-0.3, -0.25) is 9.59 Å². The molecule has 4 unspecified atom stereocenters. The van der Waals surface area contributed by atoms with Gasteiger partial charge in [-0.1, -0.05) is 57.6 Å². The molecule has 0 amide bonds. The van der Waals surface area contributed by atoms with Crippen LogP contribution in [-0.2, 0) is 22.9 Å². The number of unbranched alkanes of at least 4 members (excludes halogenated alkanes) is 5. The Hall–Kier alpha value is -0.549. The van der Waals surface area contributed by atoms with Crippen molar-refractivity contribution in [2.75, 3.05) is 0 Å². The van der Waals surface area contributed by atoms with E-state index in [4.69, 9.17) is 13.3 Å². The Morgan fingerprint density at radius 2 is 1.54 bits per heavy atom. The highest BCUT2D eigenvalue weighted by Crippen LogP contribution is 2.38. The van der Waals surface area contributed by atoms with Crippen LogP contribution >= 0.6 is 0 Å². The predicted molar refractivity (Wildman–Crippen MR) is 163 cm³/mol. The number of hydrogen-bond acceptors (Lipinski definition) is 5. The van der Waals surface area contributed by atoms with E-state index in [1.165, 1.54) is 19.3 Å². The lowest BCUT2D eigenvalue weighted by Crippen LogP contribution is -2.35. The molecule has 1 fully saturated rings. The lowest BCUT2D eigenvalue weighted by molar-refractivity contribution is -0.135. The quantitative estimate of drug-likeness (QED) is 0.0939. The van der Waals surface area contributed by atoms with Crippen LogP contribution < -0.4 is 0 Å². The number of Topliss-reactive ketones (excluding diaryl/α,β-unsaturated/α-hetero) is 1. The normalized spacial score (nSPS) is 22.1. The van der Waals surface area contributed by atoms with Gasteiger partial charge in [0.25, 0.3) is 5.97 Å². The van der Waals surface area contributed by atoms with E-state index >= 15 is 0 Å². The van der Waals surface area contributed by atoms with Crippen LogP contribution in [0.25, 0.3) is 0 Å². The van der Waals surface area contributed by atoms with Crippen LogP contribution in [0.4, 0.5) is 0 Å². The van der Waals surface area contributed by atoms with E-state index in [9.17, 15) is 9.59 Å². The number of hydrogen-bond donors (Lipinski definition) is 0. The van der Waals surface area contributed by atoms with Gasteiger partial charge >= 0.3 is 0 Å². The van der Waals surface area contributed by atoms with Crippen LogP contribution in [0.2, 0.25) is 58.9 Å². The Morgan fingerprint density at radius 1 is 0.892 bits per heavy atom. The minimum Gasteiger partial charge on any atom is -0.520 e. The van der Waals surface area contributed by atoms with Crippen LogP contribution in [0.3, 0.4) is 0 Å². The van der Waals surface area contributed by atoms with Crippen molar-refractivity contribution in [1.82, 2.24) is 0 Å². The average Bonchev–Trinajstić information content (AvgIpc) is 2.98. The highest BCUT2D eigenvalue weighted by molar-refractivity contribution is 6.71. The summed E-state index contributed by atoms with van der Waals surface area (Å²) in [5.74, 6) is 0.448. The van der Waals surface area contributed by atoms with Gasteiger partial charge in [0.2, 0.25) is 8.32 Å². The van der Waals surface area contributed by atoms with Crippen LogP contribution in [0.15, 0.2) is 12.2 Å². The Morgan fingerprint density at radius 3 is 2.11 bits per heavy atom.